The molecule has 88 valence electrons. The zero-order chi connectivity index (χ0) is 11.8. The second-order valence-corrected chi connectivity index (χ2v) is 6.52. The molecule has 0 saturated heterocycles. The molecule has 1 unspecified atom stereocenters. The number of hydrogen-bond acceptors (Lipinski definition) is 3. The maximum absolute atomic E-state index is 11.6. The summed E-state index contributed by atoms with van der Waals surface area (Å²) in [6.45, 7) is 2.11. The van der Waals surface area contributed by atoms with E-state index in [1.54, 1.807) is 12.1 Å². The van der Waals surface area contributed by atoms with Crippen LogP contribution in [0.5, 0.6) is 0 Å². The van der Waals surface area contributed by atoms with Crippen LogP contribution in [-0.2, 0) is 9.84 Å². The summed E-state index contributed by atoms with van der Waals surface area (Å²) < 4.78 is 23.2. The number of benzene rings is 1. The van der Waals surface area contributed by atoms with Crippen molar-refractivity contribution in [3.63, 3.8) is 0 Å². The van der Waals surface area contributed by atoms with Crippen molar-refractivity contribution in [3.8, 4) is 0 Å². The van der Waals surface area contributed by atoms with Crippen molar-refractivity contribution in [1.29, 1.82) is 0 Å². The zero-order valence-corrected chi connectivity index (χ0v) is 10.4. The van der Waals surface area contributed by atoms with Gasteiger partial charge in [-0.3, -0.25) is 0 Å². The molecule has 16 heavy (non-hydrogen) atoms. The van der Waals surface area contributed by atoms with Gasteiger partial charge in [-0.05, 0) is 37.8 Å². The Kier molecular flexibility index (Phi) is 2.93. The minimum Gasteiger partial charge on any atom is -0.381 e. The molecular weight excluding hydrogens is 222 g/mol. The molecule has 0 radical (unpaired) electrons. The summed E-state index contributed by atoms with van der Waals surface area (Å²) in [7, 11) is -3.15. The van der Waals surface area contributed by atoms with Crippen LogP contribution in [0, 0.1) is 5.92 Å². The summed E-state index contributed by atoms with van der Waals surface area (Å²) in [5.74, 6) is 0.701. The molecule has 1 aromatic rings. The van der Waals surface area contributed by atoms with Crippen molar-refractivity contribution in [2.75, 3.05) is 11.6 Å². The van der Waals surface area contributed by atoms with Crippen LogP contribution in [0.25, 0.3) is 0 Å². The van der Waals surface area contributed by atoms with Crippen LogP contribution >= 0.6 is 0 Å². The Labute approximate surface area is 96.8 Å². The number of rotatable bonds is 4. The first-order valence-corrected chi connectivity index (χ1v) is 7.43. The number of hydrogen-bond donors (Lipinski definition) is 1. The second kappa shape index (κ2) is 4.09. The molecule has 0 heterocycles. The summed E-state index contributed by atoms with van der Waals surface area (Å²) in [5.41, 5.74) is 0.726. The van der Waals surface area contributed by atoms with Gasteiger partial charge in [-0.25, -0.2) is 8.42 Å². The van der Waals surface area contributed by atoms with Gasteiger partial charge in [0.05, 0.1) is 10.6 Å². The first kappa shape index (κ1) is 11.5. The van der Waals surface area contributed by atoms with Crippen LogP contribution in [0.2, 0.25) is 0 Å². The van der Waals surface area contributed by atoms with Gasteiger partial charge >= 0.3 is 0 Å². The van der Waals surface area contributed by atoms with Crippen molar-refractivity contribution in [3.05, 3.63) is 24.3 Å². The lowest BCUT2D eigenvalue weighted by molar-refractivity contribution is 0.601. The third-order valence-corrected chi connectivity index (χ3v) is 4.15. The minimum atomic E-state index is -3.15. The van der Waals surface area contributed by atoms with E-state index in [0.717, 1.165) is 5.69 Å². The number of para-hydroxylation sites is 1. The van der Waals surface area contributed by atoms with Crippen LogP contribution < -0.4 is 5.32 Å². The first-order chi connectivity index (χ1) is 7.48. The normalized spacial score (nSPS) is 18.1. The highest BCUT2D eigenvalue weighted by Gasteiger charge is 2.28. The fraction of sp³-hybridized carbons (Fsp3) is 0.500. The van der Waals surface area contributed by atoms with Crippen LogP contribution in [0.1, 0.15) is 19.8 Å². The Hall–Kier alpha value is -1.03. The van der Waals surface area contributed by atoms with Gasteiger partial charge in [-0.1, -0.05) is 12.1 Å². The van der Waals surface area contributed by atoms with Crippen molar-refractivity contribution in [1.82, 2.24) is 0 Å². The van der Waals surface area contributed by atoms with E-state index < -0.39 is 9.84 Å². The topological polar surface area (TPSA) is 46.2 Å². The fourth-order valence-electron chi connectivity index (χ4n) is 1.87. The summed E-state index contributed by atoms with van der Waals surface area (Å²) in [6, 6.07) is 7.44. The molecule has 0 aliphatic heterocycles. The predicted octanol–water partition coefficient (Wildman–Crippen LogP) is 2.30. The smallest absolute Gasteiger partial charge is 0.177 e. The van der Waals surface area contributed by atoms with Gasteiger partial charge in [0.1, 0.15) is 0 Å². The Balaban J connectivity index is 2.26. The molecule has 1 aliphatic rings. The lowest BCUT2D eigenvalue weighted by atomic mass is 10.2. The molecule has 2 rings (SSSR count). The summed E-state index contributed by atoms with van der Waals surface area (Å²) in [5, 5.41) is 3.30. The van der Waals surface area contributed by atoms with E-state index in [0.29, 0.717) is 16.9 Å². The summed E-state index contributed by atoms with van der Waals surface area (Å²) >= 11 is 0. The zero-order valence-electron chi connectivity index (χ0n) is 9.60. The third kappa shape index (κ3) is 2.55. The molecule has 1 aromatic carbocycles. The van der Waals surface area contributed by atoms with Crippen molar-refractivity contribution in [2.24, 2.45) is 5.92 Å². The van der Waals surface area contributed by atoms with Gasteiger partial charge in [-0.15, -0.1) is 0 Å². The molecule has 1 atom stereocenters. The fourth-order valence-corrected chi connectivity index (χ4v) is 2.72. The molecule has 3 nitrogen and oxygen atoms in total. The molecule has 0 aromatic heterocycles. The van der Waals surface area contributed by atoms with Crippen LogP contribution in [0.4, 0.5) is 5.69 Å². The van der Waals surface area contributed by atoms with Crippen LogP contribution in [0.3, 0.4) is 0 Å². The molecule has 1 N–H and O–H groups in total. The summed E-state index contributed by atoms with van der Waals surface area (Å²) in [6.07, 6.45) is 3.74. The Morgan fingerprint density at radius 3 is 2.50 bits per heavy atom. The molecule has 0 amide bonds. The van der Waals surface area contributed by atoms with Crippen molar-refractivity contribution < 1.29 is 8.42 Å². The molecule has 1 aliphatic carbocycles. The predicted molar refractivity (Wildman–Crippen MR) is 65.4 cm³/mol. The van der Waals surface area contributed by atoms with E-state index in [2.05, 4.69) is 12.2 Å². The molecule has 0 bridgehead atoms. The molecule has 1 fully saturated rings. The van der Waals surface area contributed by atoms with E-state index in [1.165, 1.54) is 19.1 Å². The molecule has 4 heteroatoms. The van der Waals surface area contributed by atoms with E-state index >= 15 is 0 Å². The van der Waals surface area contributed by atoms with Gasteiger partial charge in [0.2, 0.25) is 0 Å². The van der Waals surface area contributed by atoms with Crippen LogP contribution in [-0.4, -0.2) is 20.7 Å². The highest BCUT2D eigenvalue weighted by atomic mass is 32.2. The Bertz CT molecular complexity index is 478. The largest absolute Gasteiger partial charge is 0.381 e. The van der Waals surface area contributed by atoms with E-state index in [4.69, 9.17) is 0 Å². The van der Waals surface area contributed by atoms with E-state index in [9.17, 15) is 8.42 Å². The van der Waals surface area contributed by atoms with E-state index in [-0.39, 0.29) is 0 Å². The lowest BCUT2D eigenvalue weighted by Gasteiger charge is -2.16. The van der Waals surface area contributed by atoms with E-state index in [1.807, 2.05) is 12.1 Å². The number of anilines is 1. The molecular formula is C12H17NO2S. The quantitative estimate of drug-likeness (QED) is 0.877. The number of sulfone groups is 1. The highest BCUT2D eigenvalue weighted by Crippen LogP contribution is 2.34. The Morgan fingerprint density at radius 1 is 1.31 bits per heavy atom. The SMILES string of the molecule is CC(Nc1ccccc1S(C)(=O)=O)C1CC1. The van der Waals surface area contributed by atoms with Gasteiger partial charge in [0.25, 0.3) is 0 Å². The van der Waals surface area contributed by atoms with Gasteiger partial charge < -0.3 is 5.32 Å². The first-order valence-electron chi connectivity index (χ1n) is 5.54. The standard InChI is InChI=1S/C12H17NO2S/c1-9(10-7-8-10)13-11-5-3-4-6-12(11)16(2,14)15/h3-6,9-10,13H,7-8H2,1-2H3. The summed E-state index contributed by atoms with van der Waals surface area (Å²) in [4.78, 5) is 0.391. The highest BCUT2D eigenvalue weighted by molar-refractivity contribution is 7.90. The second-order valence-electron chi connectivity index (χ2n) is 4.54. The van der Waals surface area contributed by atoms with Gasteiger partial charge in [-0.2, -0.15) is 0 Å². The maximum atomic E-state index is 11.6. The number of nitrogens with one attached hydrogen (secondary N) is 1. The van der Waals surface area contributed by atoms with Crippen molar-refractivity contribution >= 4 is 15.5 Å². The van der Waals surface area contributed by atoms with Gasteiger partial charge in [0.15, 0.2) is 9.84 Å². The van der Waals surface area contributed by atoms with Crippen LogP contribution in [0.15, 0.2) is 29.2 Å². The average molecular weight is 239 g/mol. The third-order valence-electron chi connectivity index (χ3n) is 3.00. The maximum Gasteiger partial charge on any atom is 0.177 e. The minimum absolute atomic E-state index is 0.350. The molecule has 1 saturated carbocycles. The lowest BCUT2D eigenvalue weighted by Crippen LogP contribution is -2.18. The average Bonchev–Trinajstić information content (AvgIpc) is 2.99. The van der Waals surface area contributed by atoms with Gasteiger partial charge in [0, 0.05) is 12.3 Å². The molecule has 0 spiro atoms. The Morgan fingerprint density at radius 2 is 1.94 bits per heavy atom. The monoisotopic (exact) mass is 239 g/mol. The van der Waals surface area contributed by atoms with Crippen molar-refractivity contribution in [2.45, 2.75) is 30.7 Å².